The van der Waals surface area contributed by atoms with Crippen LogP contribution in [0.4, 0.5) is 0 Å². The number of halogens is 1. The molecule has 2 heterocycles. The molecule has 162 valence electrons. The van der Waals surface area contributed by atoms with Crippen LogP contribution in [0.3, 0.4) is 0 Å². The van der Waals surface area contributed by atoms with E-state index in [1.54, 1.807) is 18.7 Å². The number of ether oxygens (including phenoxy) is 1. The molecule has 1 saturated heterocycles. The highest BCUT2D eigenvalue weighted by Gasteiger charge is 2.36. The number of nitrogens with zero attached hydrogens (tertiary/aromatic N) is 3. The molecule has 1 aromatic heterocycles. The van der Waals surface area contributed by atoms with Crippen molar-refractivity contribution in [3.05, 3.63) is 48.0 Å². The Morgan fingerprint density at radius 1 is 1.20 bits per heavy atom. The number of sulfonamides is 1. The number of aryl methyl sites for hydroxylation is 1. The van der Waals surface area contributed by atoms with Crippen LogP contribution in [-0.4, -0.2) is 66.6 Å². The Hall–Kier alpha value is -2.47. The molecule has 12 heteroatoms. The van der Waals surface area contributed by atoms with Gasteiger partial charge in [-0.15, -0.1) is 0 Å². The number of aromatic nitrogens is 2. The second-order valence-corrected chi connectivity index (χ2v) is 8.84. The summed E-state index contributed by atoms with van der Waals surface area (Å²) >= 11 is 5.81. The average molecular weight is 456 g/mol. The number of carbonyl (C=O) groups is 2. The third-order valence-electron chi connectivity index (χ3n) is 4.44. The predicted octanol–water partition coefficient (Wildman–Crippen LogP) is 0.206. The monoisotopic (exact) mass is 455 g/mol. The zero-order chi connectivity index (χ0) is 21.6. The highest BCUT2D eigenvalue weighted by atomic mass is 35.5. The summed E-state index contributed by atoms with van der Waals surface area (Å²) in [6.45, 7) is 1.17. The molecule has 0 aliphatic carbocycles. The van der Waals surface area contributed by atoms with Gasteiger partial charge < -0.3 is 19.9 Å². The molecular weight excluding hydrogens is 434 g/mol. The third kappa shape index (κ3) is 5.57. The van der Waals surface area contributed by atoms with Crippen molar-refractivity contribution in [2.75, 3.05) is 26.2 Å². The lowest BCUT2D eigenvalue weighted by Crippen LogP contribution is -2.47. The van der Waals surface area contributed by atoms with Crippen LogP contribution in [0, 0.1) is 0 Å². The van der Waals surface area contributed by atoms with E-state index in [4.69, 9.17) is 16.3 Å². The first-order chi connectivity index (χ1) is 14.4. The summed E-state index contributed by atoms with van der Waals surface area (Å²) in [5, 5.41) is 5.37. The molecule has 2 N–H and O–H groups in total. The zero-order valence-corrected chi connectivity index (χ0v) is 17.6. The van der Waals surface area contributed by atoms with Crippen LogP contribution in [0.2, 0.25) is 5.02 Å². The van der Waals surface area contributed by atoms with Crippen molar-refractivity contribution in [2.45, 2.75) is 24.1 Å². The van der Waals surface area contributed by atoms with Crippen molar-refractivity contribution in [1.82, 2.24) is 24.5 Å². The Morgan fingerprint density at radius 3 is 2.63 bits per heavy atom. The Morgan fingerprint density at radius 2 is 1.93 bits per heavy atom. The molecule has 1 aliphatic heterocycles. The average Bonchev–Trinajstić information content (AvgIpc) is 3.41. The summed E-state index contributed by atoms with van der Waals surface area (Å²) < 4.78 is 34.1. The molecule has 3 rings (SSSR count). The van der Waals surface area contributed by atoms with Gasteiger partial charge in [0.2, 0.25) is 10.0 Å². The van der Waals surface area contributed by atoms with Crippen molar-refractivity contribution in [3.63, 3.8) is 0 Å². The number of hydrogen-bond acceptors (Lipinski definition) is 6. The summed E-state index contributed by atoms with van der Waals surface area (Å²) in [6.07, 6.45) is 4.87. The molecule has 0 spiro atoms. The van der Waals surface area contributed by atoms with Gasteiger partial charge in [-0.2, -0.15) is 4.31 Å². The summed E-state index contributed by atoms with van der Waals surface area (Å²) in [7, 11) is -3.82. The Bertz CT molecular complexity index is 965. The molecule has 0 radical (unpaired) electrons. The predicted molar refractivity (Wildman–Crippen MR) is 108 cm³/mol. The van der Waals surface area contributed by atoms with Crippen LogP contribution in [0.25, 0.3) is 0 Å². The fourth-order valence-electron chi connectivity index (χ4n) is 2.91. The number of hydrogen-bond donors (Lipinski definition) is 2. The fraction of sp³-hybridized carbons (Fsp3) is 0.389. The number of benzene rings is 1. The minimum atomic E-state index is -3.82. The molecule has 0 saturated carbocycles. The number of imidazole rings is 1. The van der Waals surface area contributed by atoms with E-state index in [-0.39, 0.29) is 24.6 Å². The molecule has 1 atom stereocenters. The number of rotatable bonds is 8. The van der Waals surface area contributed by atoms with Crippen LogP contribution >= 0.6 is 11.6 Å². The maximum Gasteiger partial charge on any atom is 0.309 e. The molecule has 2 amide bonds. The van der Waals surface area contributed by atoms with Gasteiger partial charge in [0.05, 0.1) is 24.4 Å². The smallest absolute Gasteiger partial charge is 0.309 e. The Balaban J connectivity index is 1.47. The number of amides is 2. The van der Waals surface area contributed by atoms with Crippen molar-refractivity contribution in [1.29, 1.82) is 0 Å². The third-order valence-corrected chi connectivity index (χ3v) is 6.60. The van der Waals surface area contributed by atoms with Crippen LogP contribution in [-0.2, 0) is 30.9 Å². The van der Waals surface area contributed by atoms with Gasteiger partial charge in [0.25, 0.3) is 0 Å². The molecule has 0 unspecified atom stereocenters. The SMILES string of the molecule is O=C(NCCCn1ccnc1)C(=O)NC[C@@H]1OCCN1S(=O)(=O)c1ccc(Cl)cc1. The van der Waals surface area contributed by atoms with E-state index < -0.39 is 28.1 Å². The highest BCUT2D eigenvalue weighted by Crippen LogP contribution is 2.23. The van der Waals surface area contributed by atoms with Crippen LogP contribution < -0.4 is 10.6 Å². The summed E-state index contributed by atoms with van der Waals surface area (Å²) in [6, 6.07) is 5.78. The lowest BCUT2D eigenvalue weighted by Gasteiger charge is -2.22. The van der Waals surface area contributed by atoms with Crippen molar-refractivity contribution >= 4 is 33.4 Å². The van der Waals surface area contributed by atoms with Crippen molar-refractivity contribution in [3.8, 4) is 0 Å². The van der Waals surface area contributed by atoms with Gasteiger partial charge >= 0.3 is 11.8 Å². The Kier molecular flexibility index (Phi) is 7.43. The molecule has 0 bridgehead atoms. The maximum atomic E-state index is 12.8. The first-order valence-corrected chi connectivity index (χ1v) is 11.1. The zero-order valence-electron chi connectivity index (χ0n) is 16.0. The van der Waals surface area contributed by atoms with Gasteiger partial charge in [-0.05, 0) is 30.7 Å². The molecule has 1 aliphatic rings. The van der Waals surface area contributed by atoms with Crippen molar-refractivity contribution in [2.24, 2.45) is 0 Å². The van der Waals surface area contributed by atoms with Crippen LogP contribution in [0.15, 0.2) is 47.9 Å². The Labute approximate surface area is 179 Å². The second kappa shape index (κ2) is 10.0. The molecule has 1 aromatic carbocycles. The van der Waals surface area contributed by atoms with E-state index >= 15 is 0 Å². The van der Waals surface area contributed by atoms with E-state index in [2.05, 4.69) is 15.6 Å². The second-order valence-electron chi connectivity index (χ2n) is 6.52. The number of nitrogens with one attached hydrogen (secondary N) is 2. The van der Waals surface area contributed by atoms with Gasteiger partial charge in [0.1, 0.15) is 6.23 Å². The first-order valence-electron chi connectivity index (χ1n) is 9.29. The van der Waals surface area contributed by atoms with Gasteiger partial charge in [-0.1, -0.05) is 11.6 Å². The lowest BCUT2D eigenvalue weighted by atomic mass is 10.4. The minimum absolute atomic E-state index is 0.0735. The summed E-state index contributed by atoms with van der Waals surface area (Å²) in [4.78, 5) is 27.9. The van der Waals surface area contributed by atoms with Crippen molar-refractivity contribution < 1.29 is 22.7 Å². The standard InChI is InChI=1S/C18H22ClN5O5S/c19-14-2-4-15(5-3-14)30(27,28)24-10-11-29-16(24)12-22-18(26)17(25)21-6-1-8-23-9-7-20-13-23/h2-5,7,9,13,16H,1,6,8,10-12H2,(H,21,25)(H,22,26)/t16-/m0/s1. The van der Waals surface area contributed by atoms with E-state index in [1.165, 1.54) is 24.3 Å². The first kappa shape index (κ1) is 22.2. The van der Waals surface area contributed by atoms with Crippen LogP contribution in [0.5, 0.6) is 0 Å². The van der Waals surface area contributed by atoms with E-state index in [9.17, 15) is 18.0 Å². The number of carbonyl (C=O) groups excluding carboxylic acids is 2. The minimum Gasteiger partial charge on any atom is -0.359 e. The largest absolute Gasteiger partial charge is 0.359 e. The van der Waals surface area contributed by atoms with Gasteiger partial charge in [-0.25, -0.2) is 13.4 Å². The molecule has 2 aromatic rings. The molecule has 1 fully saturated rings. The van der Waals surface area contributed by atoms with Gasteiger partial charge in [0.15, 0.2) is 0 Å². The summed E-state index contributed by atoms with van der Waals surface area (Å²) in [5.74, 6) is -1.64. The highest BCUT2D eigenvalue weighted by molar-refractivity contribution is 7.89. The van der Waals surface area contributed by atoms with Crippen LogP contribution in [0.1, 0.15) is 6.42 Å². The fourth-order valence-corrected chi connectivity index (χ4v) is 4.54. The normalized spacial score (nSPS) is 17.0. The quantitative estimate of drug-likeness (QED) is 0.433. The lowest BCUT2D eigenvalue weighted by molar-refractivity contribution is -0.139. The molecule has 10 nitrogen and oxygen atoms in total. The molecular formula is C18H22ClN5O5S. The maximum absolute atomic E-state index is 12.8. The summed E-state index contributed by atoms with van der Waals surface area (Å²) in [5.41, 5.74) is 0. The molecule has 30 heavy (non-hydrogen) atoms. The van der Waals surface area contributed by atoms with Gasteiger partial charge in [0, 0.05) is 37.1 Å². The topological polar surface area (TPSA) is 123 Å². The van der Waals surface area contributed by atoms with Gasteiger partial charge in [-0.3, -0.25) is 9.59 Å². The van der Waals surface area contributed by atoms with E-state index in [0.717, 1.165) is 4.31 Å². The van der Waals surface area contributed by atoms with E-state index in [0.29, 0.717) is 24.5 Å². The van der Waals surface area contributed by atoms with E-state index in [1.807, 2.05) is 4.57 Å².